The van der Waals surface area contributed by atoms with Crippen LogP contribution in [0.4, 0.5) is 0 Å². The van der Waals surface area contributed by atoms with E-state index < -0.39 is 5.41 Å². The minimum absolute atomic E-state index is 0.215. The molecule has 1 rings (SSSR count). The minimum Gasteiger partial charge on any atom is -0.466 e. The summed E-state index contributed by atoms with van der Waals surface area (Å²) in [5, 5.41) is 0. The average molecular weight is 236 g/mol. The number of carbonyl (C=O) groups excluding carboxylic acids is 1. The number of hydrogen-bond donors (Lipinski definition) is 0. The molecule has 0 aliphatic heterocycles. The van der Waals surface area contributed by atoms with Gasteiger partial charge in [0.15, 0.2) is 0 Å². The molecule has 0 radical (unpaired) electrons. The van der Waals surface area contributed by atoms with Gasteiger partial charge in [-0.25, -0.2) is 0 Å². The Morgan fingerprint density at radius 1 is 1.24 bits per heavy atom. The Bertz CT molecular complexity index is 344. The monoisotopic (exact) mass is 236 g/mol. The summed E-state index contributed by atoms with van der Waals surface area (Å²) in [6.45, 7) is 6.75. The lowest BCUT2D eigenvalue weighted by Gasteiger charge is -2.21. The second kappa shape index (κ2) is 6.40. The lowest BCUT2D eigenvalue weighted by atomic mass is 9.95. The van der Waals surface area contributed by atoms with Crippen molar-refractivity contribution < 1.29 is 14.3 Å². The van der Waals surface area contributed by atoms with E-state index in [1.165, 1.54) is 0 Å². The van der Waals surface area contributed by atoms with E-state index in [2.05, 4.69) is 0 Å². The molecule has 0 amide bonds. The predicted octanol–water partition coefficient (Wildman–Crippen LogP) is 2.79. The van der Waals surface area contributed by atoms with Crippen LogP contribution >= 0.6 is 0 Å². The molecule has 0 aliphatic carbocycles. The maximum atomic E-state index is 11.6. The summed E-state index contributed by atoms with van der Waals surface area (Å²) in [5.41, 5.74) is 0.511. The molecule has 0 saturated carbocycles. The van der Waals surface area contributed by atoms with Crippen molar-refractivity contribution in [3.05, 3.63) is 35.9 Å². The van der Waals surface area contributed by atoms with E-state index in [1.807, 2.05) is 44.2 Å². The van der Waals surface area contributed by atoms with Crippen LogP contribution in [-0.4, -0.2) is 19.2 Å². The Morgan fingerprint density at radius 2 is 1.88 bits per heavy atom. The Balaban J connectivity index is 2.37. The van der Waals surface area contributed by atoms with Gasteiger partial charge in [0, 0.05) is 0 Å². The highest BCUT2D eigenvalue weighted by atomic mass is 16.5. The van der Waals surface area contributed by atoms with Crippen LogP contribution in [0.2, 0.25) is 0 Å². The van der Waals surface area contributed by atoms with E-state index >= 15 is 0 Å². The summed E-state index contributed by atoms with van der Waals surface area (Å²) in [6, 6.07) is 9.89. The molecule has 1 aromatic rings. The summed E-state index contributed by atoms with van der Waals surface area (Å²) < 4.78 is 10.5. The first-order valence-electron chi connectivity index (χ1n) is 5.85. The molecule has 0 heterocycles. The van der Waals surface area contributed by atoms with Crippen molar-refractivity contribution in [2.24, 2.45) is 5.41 Å². The zero-order valence-electron chi connectivity index (χ0n) is 10.7. The molecule has 0 N–H and O–H groups in total. The van der Waals surface area contributed by atoms with E-state index in [9.17, 15) is 4.79 Å². The molecule has 0 atom stereocenters. The van der Waals surface area contributed by atoms with Gasteiger partial charge in [-0.2, -0.15) is 0 Å². The van der Waals surface area contributed by atoms with Gasteiger partial charge in [0.2, 0.25) is 0 Å². The minimum atomic E-state index is -0.592. The molecule has 0 bridgehead atoms. The smallest absolute Gasteiger partial charge is 0.313 e. The highest BCUT2D eigenvalue weighted by molar-refractivity contribution is 5.76. The van der Waals surface area contributed by atoms with Crippen LogP contribution < -0.4 is 0 Å². The molecule has 0 aromatic heterocycles. The van der Waals surface area contributed by atoms with Crippen molar-refractivity contribution in [2.45, 2.75) is 27.4 Å². The number of rotatable bonds is 6. The Kier molecular flexibility index (Phi) is 5.16. The van der Waals surface area contributed by atoms with Crippen LogP contribution in [0, 0.1) is 5.41 Å². The molecule has 0 saturated heterocycles. The van der Waals surface area contributed by atoms with Crippen LogP contribution in [0.15, 0.2) is 30.3 Å². The van der Waals surface area contributed by atoms with E-state index in [1.54, 1.807) is 6.92 Å². The molecule has 3 nitrogen and oxygen atoms in total. The Hall–Kier alpha value is -1.35. The van der Waals surface area contributed by atoms with Gasteiger partial charge in [0.05, 0.1) is 25.2 Å². The van der Waals surface area contributed by atoms with Crippen molar-refractivity contribution >= 4 is 5.97 Å². The second-order valence-corrected chi connectivity index (χ2v) is 4.58. The van der Waals surface area contributed by atoms with Crippen molar-refractivity contribution in [3.63, 3.8) is 0 Å². The third-order valence-corrected chi connectivity index (χ3v) is 2.40. The van der Waals surface area contributed by atoms with Crippen LogP contribution in [-0.2, 0) is 20.9 Å². The molecular formula is C14H20O3. The molecule has 0 spiro atoms. The molecule has 1 aromatic carbocycles. The van der Waals surface area contributed by atoms with Gasteiger partial charge >= 0.3 is 5.97 Å². The third-order valence-electron chi connectivity index (χ3n) is 2.40. The van der Waals surface area contributed by atoms with Gasteiger partial charge < -0.3 is 9.47 Å². The molecule has 0 fully saturated rings. The average Bonchev–Trinajstić information content (AvgIpc) is 2.30. The summed E-state index contributed by atoms with van der Waals surface area (Å²) in [6.07, 6.45) is 0. The summed E-state index contributed by atoms with van der Waals surface area (Å²) in [5.74, 6) is -0.215. The van der Waals surface area contributed by atoms with Crippen molar-refractivity contribution in [1.82, 2.24) is 0 Å². The number of hydrogen-bond acceptors (Lipinski definition) is 3. The van der Waals surface area contributed by atoms with Gasteiger partial charge in [-0.3, -0.25) is 4.79 Å². The number of carbonyl (C=O) groups is 1. The molecule has 3 heteroatoms. The topological polar surface area (TPSA) is 35.5 Å². The largest absolute Gasteiger partial charge is 0.466 e. The SMILES string of the molecule is CCOC(=O)C(C)(C)COCc1ccccc1. The lowest BCUT2D eigenvalue weighted by molar-refractivity contribution is -0.157. The fraction of sp³-hybridized carbons (Fsp3) is 0.500. The molecule has 0 unspecified atom stereocenters. The number of ether oxygens (including phenoxy) is 2. The third kappa shape index (κ3) is 4.57. The quantitative estimate of drug-likeness (QED) is 0.712. The first-order valence-corrected chi connectivity index (χ1v) is 5.85. The van der Waals surface area contributed by atoms with Crippen molar-refractivity contribution in [3.8, 4) is 0 Å². The van der Waals surface area contributed by atoms with Crippen LogP contribution in [0.1, 0.15) is 26.3 Å². The summed E-state index contributed by atoms with van der Waals surface area (Å²) >= 11 is 0. The first kappa shape index (κ1) is 13.7. The zero-order chi connectivity index (χ0) is 12.7. The lowest BCUT2D eigenvalue weighted by Crippen LogP contribution is -2.31. The fourth-order valence-electron chi connectivity index (χ4n) is 1.38. The van der Waals surface area contributed by atoms with E-state index in [0.29, 0.717) is 19.8 Å². The van der Waals surface area contributed by atoms with Crippen LogP contribution in [0.25, 0.3) is 0 Å². The molecule has 0 aliphatic rings. The molecule has 17 heavy (non-hydrogen) atoms. The van der Waals surface area contributed by atoms with Gasteiger partial charge in [-0.05, 0) is 26.3 Å². The zero-order valence-corrected chi connectivity index (χ0v) is 10.7. The first-order chi connectivity index (χ1) is 8.06. The maximum absolute atomic E-state index is 11.6. The summed E-state index contributed by atoms with van der Waals surface area (Å²) in [4.78, 5) is 11.6. The van der Waals surface area contributed by atoms with Gasteiger partial charge in [0.1, 0.15) is 0 Å². The maximum Gasteiger partial charge on any atom is 0.313 e. The molecule has 94 valence electrons. The number of benzene rings is 1. The fourth-order valence-corrected chi connectivity index (χ4v) is 1.38. The highest BCUT2D eigenvalue weighted by Gasteiger charge is 2.29. The Labute approximate surface area is 103 Å². The number of esters is 1. The van der Waals surface area contributed by atoms with Gasteiger partial charge in [-0.15, -0.1) is 0 Å². The van der Waals surface area contributed by atoms with E-state index in [0.717, 1.165) is 5.56 Å². The standard InChI is InChI=1S/C14H20O3/c1-4-17-13(15)14(2,3)11-16-10-12-8-6-5-7-9-12/h5-9H,4,10-11H2,1-3H3. The summed E-state index contributed by atoms with van der Waals surface area (Å²) in [7, 11) is 0. The van der Waals surface area contributed by atoms with Gasteiger partial charge in [0.25, 0.3) is 0 Å². The molecular weight excluding hydrogens is 216 g/mol. The van der Waals surface area contributed by atoms with Gasteiger partial charge in [-0.1, -0.05) is 30.3 Å². The van der Waals surface area contributed by atoms with Crippen molar-refractivity contribution in [2.75, 3.05) is 13.2 Å². The van der Waals surface area contributed by atoms with Crippen LogP contribution in [0.5, 0.6) is 0 Å². The Morgan fingerprint density at radius 3 is 2.47 bits per heavy atom. The normalized spacial score (nSPS) is 11.2. The predicted molar refractivity (Wildman–Crippen MR) is 66.5 cm³/mol. The second-order valence-electron chi connectivity index (χ2n) is 4.58. The van der Waals surface area contributed by atoms with Crippen molar-refractivity contribution in [1.29, 1.82) is 0 Å². The van der Waals surface area contributed by atoms with E-state index in [-0.39, 0.29) is 5.97 Å². The van der Waals surface area contributed by atoms with E-state index in [4.69, 9.17) is 9.47 Å². The highest BCUT2D eigenvalue weighted by Crippen LogP contribution is 2.18. The van der Waals surface area contributed by atoms with Crippen LogP contribution in [0.3, 0.4) is 0 Å².